The number of ether oxygens (including phenoxy) is 1. The molecular weight excluding hydrogens is 432 g/mol. The van der Waals surface area contributed by atoms with Crippen LogP contribution in [0.5, 0.6) is 5.75 Å². The molecule has 1 aromatic carbocycles. The van der Waals surface area contributed by atoms with Crippen LogP contribution in [0, 0.1) is 5.92 Å². The lowest BCUT2D eigenvalue weighted by molar-refractivity contribution is -0.129. The molecule has 2 fully saturated rings. The van der Waals surface area contributed by atoms with Crippen molar-refractivity contribution in [2.45, 2.75) is 44.7 Å². The second-order valence-electron chi connectivity index (χ2n) is 9.75. The second-order valence-corrected chi connectivity index (χ2v) is 9.75. The molecule has 2 bridgehead atoms. The second kappa shape index (κ2) is 9.16. The summed E-state index contributed by atoms with van der Waals surface area (Å²) >= 11 is 0. The van der Waals surface area contributed by atoms with E-state index in [1.165, 1.54) is 0 Å². The monoisotopic (exact) mass is 464 g/mol. The van der Waals surface area contributed by atoms with Crippen LogP contribution in [0.2, 0.25) is 0 Å². The molecule has 3 aliphatic rings. The van der Waals surface area contributed by atoms with E-state index in [4.69, 9.17) is 4.74 Å². The Kier molecular flexibility index (Phi) is 6.06. The zero-order valence-corrected chi connectivity index (χ0v) is 19.8. The Bertz CT molecular complexity index is 1130. The van der Waals surface area contributed by atoms with Crippen LogP contribution >= 0.6 is 0 Å². The third-order valence-corrected chi connectivity index (χ3v) is 7.53. The average Bonchev–Trinajstić information content (AvgIpc) is 2.86. The van der Waals surface area contributed by atoms with Gasteiger partial charge in [0.2, 0.25) is 5.91 Å². The van der Waals surface area contributed by atoms with Crippen LogP contribution in [0.15, 0.2) is 41.2 Å². The first-order valence-electron chi connectivity index (χ1n) is 12.1. The maximum Gasteiger partial charge on any atom is 0.274 e. The number of hydrogen-bond acceptors (Lipinski definition) is 5. The first kappa shape index (κ1) is 22.5. The largest absolute Gasteiger partial charge is 0.497 e. The summed E-state index contributed by atoms with van der Waals surface area (Å²) in [6.45, 7) is 4.97. The first-order chi connectivity index (χ1) is 16.4. The Morgan fingerprint density at radius 3 is 2.38 bits per heavy atom. The molecule has 0 radical (unpaired) electrons. The number of piperidine rings is 2. The lowest BCUT2D eigenvalue weighted by atomic mass is 9.83. The van der Waals surface area contributed by atoms with Gasteiger partial charge < -0.3 is 24.4 Å². The number of nitrogens with zero attached hydrogens (tertiary/aromatic N) is 3. The normalized spacial score (nSPS) is 22.2. The van der Waals surface area contributed by atoms with Crippen molar-refractivity contribution in [2.24, 2.45) is 5.92 Å². The highest BCUT2D eigenvalue weighted by molar-refractivity contribution is 5.94. The minimum atomic E-state index is 0.0242. The molecule has 4 heterocycles. The number of amides is 2. The van der Waals surface area contributed by atoms with Crippen molar-refractivity contribution in [2.75, 3.05) is 38.6 Å². The topological polar surface area (TPSA) is 83.9 Å². The van der Waals surface area contributed by atoms with Gasteiger partial charge in [0.25, 0.3) is 11.5 Å². The van der Waals surface area contributed by atoms with E-state index in [-0.39, 0.29) is 35.3 Å². The van der Waals surface area contributed by atoms with Crippen molar-refractivity contribution in [3.05, 3.63) is 58.0 Å². The SMILES string of the molecule is COc1ccc(C(=O)N2CC3CC(C2)c2ccc(NC4CCN(C(C)=O)CC4)c(=O)n2C3)cc1. The van der Waals surface area contributed by atoms with Crippen molar-refractivity contribution in [1.82, 2.24) is 14.4 Å². The van der Waals surface area contributed by atoms with Gasteiger partial charge in [0.05, 0.1) is 7.11 Å². The van der Waals surface area contributed by atoms with E-state index in [9.17, 15) is 14.4 Å². The summed E-state index contributed by atoms with van der Waals surface area (Å²) in [5.74, 6) is 1.30. The number of methoxy groups -OCH3 is 1. The summed E-state index contributed by atoms with van der Waals surface area (Å²) in [5, 5.41) is 3.44. The summed E-state index contributed by atoms with van der Waals surface area (Å²) < 4.78 is 7.12. The summed E-state index contributed by atoms with van der Waals surface area (Å²) in [4.78, 5) is 41.8. The molecule has 5 rings (SSSR count). The fraction of sp³-hybridized carbons (Fsp3) is 0.500. The van der Waals surface area contributed by atoms with Gasteiger partial charge in [-0.3, -0.25) is 14.4 Å². The van der Waals surface area contributed by atoms with Crippen molar-refractivity contribution in [3.63, 3.8) is 0 Å². The average molecular weight is 465 g/mol. The van der Waals surface area contributed by atoms with E-state index in [0.717, 1.165) is 43.8 Å². The van der Waals surface area contributed by atoms with Gasteiger partial charge in [0, 0.05) is 62.9 Å². The maximum atomic E-state index is 13.3. The van der Waals surface area contributed by atoms with Crippen LogP contribution in [0.1, 0.15) is 48.2 Å². The maximum absolute atomic E-state index is 13.3. The third kappa shape index (κ3) is 4.29. The number of pyridine rings is 1. The van der Waals surface area contributed by atoms with E-state index < -0.39 is 0 Å². The van der Waals surface area contributed by atoms with Crippen molar-refractivity contribution in [1.29, 1.82) is 0 Å². The molecule has 2 saturated heterocycles. The molecule has 2 unspecified atom stereocenters. The Morgan fingerprint density at radius 2 is 1.71 bits per heavy atom. The third-order valence-electron chi connectivity index (χ3n) is 7.53. The van der Waals surface area contributed by atoms with Crippen LogP contribution < -0.4 is 15.6 Å². The highest BCUT2D eigenvalue weighted by Gasteiger charge is 2.37. The van der Waals surface area contributed by atoms with Crippen LogP contribution in [0.4, 0.5) is 5.69 Å². The number of nitrogens with one attached hydrogen (secondary N) is 1. The van der Waals surface area contributed by atoms with E-state index in [1.54, 1.807) is 14.0 Å². The zero-order valence-electron chi connectivity index (χ0n) is 19.8. The molecular formula is C26H32N4O4. The number of carbonyl (C=O) groups excluding carboxylic acids is 2. The van der Waals surface area contributed by atoms with Gasteiger partial charge in [0.15, 0.2) is 0 Å². The summed E-state index contributed by atoms with van der Waals surface area (Å²) in [6, 6.07) is 11.4. The number of likely N-dealkylation sites (tertiary alicyclic amines) is 2. The number of hydrogen-bond donors (Lipinski definition) is 1. The number of fused-ring (bicyclic) bond motifs is 4. The molecule has 2 atom stereocenters. The lowest BCUT2D eigenvalue weighted by Crippen LogP contribution is -2.49. The van der Waals surface area contributed by atoms with Crippen LogP contribution in [-0.2, 0) is 11.3 Å². The predicted molar refractivity (Wildman–Crippen MR) is 129 cm³/mol. The summed E-state index contributed by atoms with van der Waals surface area (Å²) in [6.07, 6.45) is 2.69. The van der Waals surface area contributed by atoms with Gasteiger partial charge in [-0.15, -0.1) is 0 Å². The van der Waals surface area contributed by atoms with E-state index in [0.29, 0.717) is 30.9 Å². The summed E-state index contributed by atoms with van der Waals surface area (Å²) in [7, 11) is 1.61. The fourth-order valence-corrected chi connectivity index (χ4v) is 5.70. The predicted octanol–water partition coefficient (Wildman–Crippen LogP) is 2.54. The van der Waals surface area contributed by atoms with Gasteiger partial charge in [-0.25, -0.2) is 0 Å². The molecule has 0 saturated carbocycles. The number of carbonyl (C=O) groups is 2. The Balaban J connectivity index is 1.29. The van der Waals surface area contributed by atoms with E-state index >= 15 is 0 Å². The van der Waals surface area contributed by atoms with E-state index in [2.05, 4.69) is 11.4 Å². The van der Waals surface area contributed by atoms with Gasteiger partial charge in [-0.05, 0) is 61.6 Å². The fourth-order valence-electron chi connectivity index (χ4n) is 5.70. The molecule has 0 spiro atoms. The van der Waals surface area contributed by atoms with Gasteiger partial charge in [0.1, 0.15) is 11.4 Å². The van der Waals surface area contributed by atoms with Gasteiger partial charge >= 0.3 is 0 Å². The highest BCUT2D eigenvalue weighted by atomic mass is 16.5. The van der Waals surface area contributed by atoms with Crippen LogP contribution in [-0.4, -0.2) is 65.5 Å². The highest BCUT2D eigenvalue weighted by Crippen LogP contribution is 2.36. The molecule has 2 amide bonds. The molecule has 1 aromatic heterocycles. The van der Waals surface area contributed by atoms with Crippen LogP contribution in [0.3, 0.4) is 0 Å². The minimum Gasteiger partial charge on any atom is -0.497 e. The Morgan fingerprint density at radius 1 is 0.971 bits per heavy atom. The Hall–Kier alpha value is -3.29. The van der Waals surface area contributed by atoms with Crippen molar-refractivity contribution >= 4 is 17.5 Å². The quantitative estimate of drug-likeness (QED) is 0.752. The van der Waals surface area contributed by atoms with Crippen molar-refractivity contribution in [3.8, 4) is 5.75 Å². The number of benzene rings is 1. The number of anilines is 1. The molecule has 3 aliphatic heterocycles. The molecule has 8 nitrogen and oxygen atoms in total. The standard InChI is InChI=1S/C26H32N4O4/c1-17(31)28-11-9-21(10-12-28)27-23-7-8-24-20-13-18(15-30(24)26(23)33)14-29(16-20)25(32)19-3-5-22(34-2)6-4-19/h3-8,18,20-21,27H,9-16H2,1-2H3. The van der Waals surface area contributed by atoms with Crippen molar-refractivity contribution < 1.29 is 14.3 Å². The van der Waals surface area contributed by atoms with E-state index in [1.807, 2.05) is 44.7 Å². The number of rotatable bonds is 4. The molecule has 180 valence electrons. The molecule has 0 aliphatic carbocycles. The zero-order chi connectivity index (χ0) is 23.8. The van der Waals surface area contributed by atoms with Gasteiger partial charge in [-0.1, -0.05) is 0 Å². The molecule has 2 aromatic rings. The minimum absolute atomic E-state index is 0.0242. The molecule has 8 heteroatoms. The first-order valence-corrected chi connectivity index (χ1v) is 12.1. The smallest absolute Gasteiger partial charge is 0.274 e. The van der Waals surface area contributed by atoms with Crippen LogP contribution in [0.25, 0.3) is 0 Å². The molecule has 34 heavy (non-hydrogen) atoms. The van der Waals surface area contributed by atoms with Gasteiger partial charge in [-0.2, -0.15) is 0 Å². The molecule has 1 N–H and O–H groups in total. The summed E-state index contributed by atoms with van der Waals surface area (Å²) in [5.41, 5.74) is 2.34. The number of aromatic nitrogens is 1. The lowest BCUT2D eigenvalue weighted by Gasteiger charge is -2.43. The Labute approximate surface area is 199 Å².